The predicted molar refractivity (Wildman–Crippen MR) is 167 cm³/mol. The Kier molecular flexibility index (Phi) is 5.48. The van der Waals surface area contributed by atoms with Crippen LogP contribution in [0.3, 0.4) is 0 Å². The number of anilines is 3. The van der Waals surface area contributed by atoms with E-state index >= 15 is 0 Å². The zero-order valence-corrected chi connectivity index (χ0v) is 23.0. The molecule has 2 nitrogen and oxygen atoms in total. The Morgan fingerprint density at radius 2 is 0.902 bits per heavy atom. The van der Waals surface area contributed by atoms with E-state index in [0.717, 1.165) is 17.1 Å². The van der Waals surface area contributed by atoms with Crippen molar-refractivity contribution in [2.75, 3.05) is 4.90 Å². The van der Waals surface area contributed by atoms with Gasteiger partial charge in [0.2, 0.25) is 0 Å². The molecule has 6 aromatic carbocycles. The third-order valence-electron chi connectivity index (χ3n) is 8.32. The minimum absolute atomic E-state index is 0.0310. The van der Waals surface area contributed by atoms with Crippen molar-refractivity contribution in [1.29, 1.82) is 0 Å². The number of hydrogen-bond acceptors (Lipinski definition) is 3. The third kappa shape index (κ3) is 3.49. The molecule has 0 aliphatic carbocycles. The summed E-state index contributed by atoms with van der Waals surface area (Å²) in [6.07, 6.45) is 0. The van der Waals surface area contributed by atoms with E-state index in [1.165, 1.54) is 32.0 Å². The molecule has 0 unspecified atom stereocenters. The molecule has 0 amide bonds. The van der Waals surface area contributed by atoms with E-state index in [1.807, 2.05) is 54.2 Å². The molecule has 2 aliphatic heterocycles. The Bertz CT molecular complexity index is 1850. The van der Waals surface area contributed by atoms with Gasteiger partial charge in [0.1, 0.15) is 0 Å². The molecular weight excluding hydrogens is 518 g/mol. The van der Waals surface area contributed by atoms with Crippen LogP contribution in [0.1, 0.15) is 38.2 Å². The summed E-state index contributed by atoms with van der Waals surface area (Å²) in [7, 11) is 0. The van der Waals surface area contributed by atoms with Crippen molar-refractivity contribution in [1.82, 2.24) is 0 Å². The normalized spacial score (nSPS) is 14.0. The molecule has 2 aliphatic rings. The van der Waals surface area contributed by atoms with Crippen molar-refractivity contribution in [2.45, 2.75) is 15.2 Å². The van der Waals surface area contributed by atoms with Gasteiger partial charge in [-0.15, -0.1) is 0 Å². The maximum Gasteiger partial charge on any atom is 0.193 e. The average Bonchev–Trinajstić information content (AvgIpc) is 3.05. The highest BCUT2D eigenvalue weighted by Crippen LogP contribution is 2.62. The van der Waals surface area contributed by atoms with Crippen LogP contribution in [0.15, 0.2) is 161 Å². The molecule has 6 aromatic rings. The number of ketones is 1. The molecule has 0 saturated carbocycles. The zero-order chi connectivity index (χ0) is 27.4. The summed E-state index contributed by atoms with van der Waals surface area (Å²) in [5.74, 6) is 0.0310. The Balaban J connectivity index is 1.36. The molecule has 0 aromatic heterocycles. The van der Waals surface area contributed by atoms with Crippen LogP contribution < -0.4 is 4.90 Å². The highest BCUT2D eigenvalue weighted by Gasteiger charge is 2.50. The summed E-state index contributed by atoms with van der Waals surface area (Å²) in [6, 6.07) is 52.8. The lowest BCUT2D eigenvalue weighted by molar-refractivity contribution is 0.103. The van der Waals surface area contributed by atoms with Gasteiger partial charge in [-0.1, -0.05) is 115 Å². The summed E-state index contributed by atoms with van der Waals surface area (Å²) in [4.78, 5) is 18.1. The minimum Gasteiger partial charge on any atom is -0.310 e. The van der Waals surface area contributed by atoms with Gasteiger partial charge in [0.15, 0.2) is 5.78 Å². The van der Waals surface area contributed by atoms with Gasteiger partial charge in [-0.25, -0.2) is 0 Å². The zero-order valence-electron chi connectivity index (χ0n) is 22.2. The van der Waals surface area contributed by atoms with E-state index in [2.05, 4.69) is 114 Å². The standard InChI is InChI=1S/C38H25NOS/c40-37(26-12-2-1-3-13-26)27-22-24-28(25-23-27)39-33-18-8-4-14-29(33)38(30-15-5-9-19-34(30)39)31-16-6-10-20-35(31)41-36-21-11-7-17-32(36)38/h1-25H. The fourth-order valence-corrected chi connectivity index (χ4v) is 7.81. The molecule has 1 spiro atoms. The van der Waals surface area contributed by atoms with Crippen molar-refractivity contribution in [3.63, 3.8) is 0 Å². The first-order chi connectivity index (χ1) is 20.3. The van der Waals surface area contributed by atoms with Crippen molar-refractivity contribution >= 4 is 34.6 Å². The fourth-order valence-electron chi connectivity index (χ4n) is 6.62. The van der Waals surface area contributed by atoms with Crippen LogP contribution in [0.25, 0.3) is 0 Å². The molecule has 0 bridgehead atoms. The van der Waals surface area contributed by atoms with E-state index in [0.29, 0.717) is 11.1 Å². The molecule has 0 saturated heterocycles. The number of rotatable bonds is 3. The van der Waals surface area contributed by atoms with Crippen LogP contribution >= 0.6 is 11.8 Å². The second-order valence-electron chi connectivity index (χ2n) is 10.5. The summed E-state index contributed by atoms with van der Waals surface area (Å²) in [6.45, 7) is 0. The monoisotopic (exact) mass is 543 g/mol. The van der Waals surface area contributed by atoms with Gasteiger partial charge in [0.05, 0.1) is 16.8 Å². The molecule has 0 atom stereocenters. The van der Waals surface area contributed by atoms with Crippen molar-refractivity contribution < 1.29 is 4.79 Å². The van der Waals surface area contributed by atoms with Crippen LogP contribution in [0.2, 0.25) is 0 Å². The van der Waals surface area contributed by atoms with Crippen molar-refractivity contribution in [2.24, 2.45) is 0 Å². The lowest BCUT2D eigenvalue weighted by atomic mass is 9.62. The number of hydrogen-bond donors (Lipinski definition) is 0. The smallest absolute Gasteiger partial charge is 0.193 e. The van der Waals surface area contributed by atoms with E-state index in [-0.39, 0.29) is 5.78 Å². The predicted octanol–water partition coefficient (Wildman–Crippen LogP) is 9.55. The summed E-state index contributed by atoms with van der Waals surface area (Å²) >= 11 is 1.85. The summed E-state index contributed by atoms with van der Waals surface area (Å²) < 4.78 is 0. The molecule has 8 rings (SSSR count). The number of carbonyl (C=O) groups excluding carboxylic acids is 1. The first-order valence-corrected chi connectivity index (χ1v) is 14.6. The van der Waals surface area contributed by atoms with Crippen LogP contribution in [0.5, 0.6) is 0 Å². The summed E-state index contributed by atoms with van der Waals surface area (Å²) in [5.41, 5.74) is 9.37. The molecule has 0 radical (unpaired) electrons. The molecule has 194 valence electrons. The van der Waals surface area contributed by atoms with Gasteiger partial charge in [-0.05, 0) is 70.8 Å². The Morgan fingerprint density at radius 3 is 1.46 bits per heavy atom. The van der Waals surface area contributed by atoms with Gasteiger partial charge in [-0.3, -0.25) is 4.79 Å². The Labute approximate surface area is 243 Å². The lowest BCUT2D eigenvalue weighted by Crippen LogP contribution is -2.39. The number of benzene rings is 6. The molecule has 2 heterocycles. The Morgan fingerprint density at radius 1 is 0.463 bits per heavy atom. The maximum absolute atomic E-state index is 13.2. The number of fused-ring (bicyclic) bond motifs is 8. The van der Waals surface area contributed by atoms with Gasteiger partial charge >= 0.3 is 0 Å². The van der Waals surface area contributed by atoms with E-state index in [4.69, 9.17) is 0 Å². The quantitative estimate of drug-likeness (QED) is 0.207. The van der Waals surface area contributed by atoms with Crippen LogP contribution in [0.4, 0.5) is 17.1 Å². The van der Waals surface area contributed by atoms with Crippen molar-refractivity contribution in [3.8, 4) is 0 Å². The van der Waals surface area contributed by atoms with Gasteiger partial charge in [-0.2, -0.15) is 0 Å². The topological polar surface area (TPSA) is 20.3 Å². The van der Waals surface area contributed by atoms with E-state index < -0.39 is 5.41 Å². The first-order valence-electron chi connectivity index (χ1n) is 13.8. The van der Waals surface area contributed by atoms with Crippen LogP contribution in [0, 0.1) is 0 Å². The Hall–Kier alpha value is -4.86. The minimum atomic E-state index is -0.453. The molecule has 41 heavy (non-hydrogen) atoms. The SMILES string of the molecule is O=C(c1ccccc1)c1ccc(N2c3ccccc3C3(c4ccccc4Sc4ccccc43)c3ccccc32)cc1. The van der Waals surface area contributed by atoms with Gasteiger partial charge in [0, 0.05) is 26.6 Å². The average molecular weight is 544 g/mol. The van der Waals surface area contributed by atoms with E-state index in [9.17, 15) is 4.79 Å². The van der Waals surface area contributed by atoms with Gasteiger partial charge < -0.3 is 4.90 Å². The van der Waals surface area contributed by atoms with Crippen molar-refractivity contribution in [3.05, 3.63) is 185 Å². The fraction of sp³-hybridized carbons (Fsp3) is 0.0263. The highest BCUT2D eigenvalue weighted by molar-refractivity contribution is 7.99. The lowest BCUT2D eigenvalue weighted by Gasteiger charge is -2.49. The largest absolute Gasteiger partial charge is 0.310 e. The molecule has 3 heteroatoms. The second kappa shape index (κ2) is 9.36. The van der Waals surface area contributed by atoms with Crippen LogP contribution in [-0.2, 0) is 5.41 Å². The van der Waals surface area contributed by atoms with Gasteiger partial charge in [0.25, 0.3) is 0 Å². The van der Waals surface area contributed by atoms with E-state index in [1.54, 1.807) is 0 Å². The number of carbonyl (C=O) groups is 1. The highest BCUT2D eigenvalue weighted by atomic mass is 32.2. The number of nitrogens with zero attached hydrogens (tertiary/aromatic N) is 1. The first kappa shape index (κ1) is 24.0. The third-order valence-corrected chi connectivity index (χ3v) is 9.48. The summed E-state index contributed by atoms with van der Waals surface area (Å²) in [5, 5.41) is 0. The molecule has 0 fully saturated rings. The molecular formula is C38H25NOS. The second-order valence-corrected chi connectivity index (χ2v) is 11.5. The number of para-hydroxylation sites is 2. The van der Waals surface area contributed by atoms with Crippen LogP contribution in [-0.4, -0.2) is 5.78 Å². The maximum atomic E-state index is 13.2. The molecule has 0 N–H and O–H groups in total.